The summed E-state index contributed by atoms with van der Waals surface area (Å²) in [6.45, 7) is 7.36. The summed E-state index contributed by atoms with van der Waals surface area (Å²) in [7, 11) is 0. The summed E-state index contributed by atoms with van der Waals surface area (Å²) in [5.41, 5.74) is 0.984. The van der Waals surface area contributed by atoms with Gasteiger partial charge < -0.3 is 33.1 Å². The first-order chi connectivity index (χ1) is 30.5. The van der Waals surface area contributed by atoms with Gasteiger partial charge in [-0.3, -0.25) is 14.7 Å². The van der Waals surface area contributed by atoms with E-state index in [4.69, 9.17) is 24.2 Å². The minimum atomic E-state index is -4.10. The van der Waals surface area contributed by atoms with Crippen LogP contribution in [0.15, 0.2) is 80.0 Å². The third-order valence-corrected chi connectivity index (χ3v) is 12.8. The molecule has 2 aliphatic carbocycles. The quantitative estimate of drug-likeness (QED) is 0.129. The van der Waals surface area contributed by atoms with Crippen molar-refractivity contribution in [2.24, 2.45) is 0 Å². The maximum absolute atomic E-state index is 14.5. The number of morpholine rings is 2. The maximum Gasteiger partial charge on any atom is 0.377 e. The molecule has 4 fully saturated rings. The van der Waals surface area contributed by atoms with E-state index < -0.39 is 42.6 Å². The zero-order valence-corrected chi connectivity index (χ0v) is 36.3. The minimum absolute atomic E-state index is 0.0301. The standard InChI is InChI=1S/C46H52F4N10O4/c1-43(2)23-59(24-44(3,4)63-43)40-22-37-33(41(55-40)61-31-10-7-29(8-11-31)57-18-16-51-27-57)12-13-35(54-37)34-20-30(58-19-17-52-28-58)9-14-38(34)62-42-32-6-5-15-53-36(32)21-39(56-42)60-25-45(47,48)64-46(49,50)26-60/h5-6,12-13,15-19,21-22,27-31,34,38H,7-11,14,20,23-26H2,1-4H3/t29-,30-,31+,34?,38+/m0/s1. The Labute approximate surface area is 367 Å². The number of ether oxygens (including phenoxy) is 4. The van der Waals surface area contributed by atoms with Crippen LogP contribution >= 0.6 is 0 Å². The van der Waals surface area contributed by atoms with E-state index in [2.05, 4.69) is 66.4 Å². The van der Waals surface area contributed by atoms with Crippen molar-refractivity contribution in [3.63, 3.8) is 0 Å². The van der Waals surface area contributed by atoms with Gasteiger partial charge in [-0.25, -0.2) is 9.97 Å². The van der Waals surface area contributed by atoms with Crippen LogP contribution < -0.4 is 19.3 Å². The van der Waals surface area contributed by atoms with Crippen molar-refractivity contribution >= 4 is 33.4 Å². The SMILES string of the molecule is CC1(C)CN(c2cc3nc(C4C[C@@H](n5ccnc5)CC[C@H]4Oc4nc(N5CC(F)(F)OC(F)(F)C5)cc5ncccc45)ccc3c(O[C@H]3CC[C@@H](n4ccnc4)CC3)n2)CC(C)(C)O1. The molecule has 64 heavy (non-hydrogen) atoms. The molecule has 338 valence electrons. The highest BCUT2D eigenvalue weighted by Crippen LogP contribution is 2.44. The first kappa shape index (κ1) is 42.3. The van der Waals surface area contributed by atoms with Crippen LogP contribution in [0.1, 0.15) is 96.3 Å². The number of nitrogens with zero attached hydrogens (tertiary/aromatic N) is 10. The molecule has 0 aromatic carbocycles. The molecule has 2 aliphatic heterocycles. The Morgan fingerprint density at radius 2 is 1.22 bits per heavy atom. The number of halogens is 4. The van der Waals surface area contributed by atoms with Crippen molar-refractivity contribution in [2.45, 2.75) is 126 Å². The maximum atomic E-state index is 14.5. The average Bonchev–Trinajstić information content (AvgIpc) is 3.98. The van der Waals surface area contributed by atoms with Gasteiger partial charge in [-0.15, -0.1) is 0 Å². The van der Waals surface area contributed by atoms with E-state index in [0.29, 0.717) is 48.8 Å². The fourth-order valence-corrected chi connectivity index (χ4v) is 10.3. The number of imidazole rings is 2. The molecule has 14 nitrogen and oxygen atoms in total. The molecule has 6 aromatic heterocycles. The second-order valence-electron chi connectivity index (χ2n) is 19.0. The van der Waals surface area contributed by atoms with Crippen molar-refractivity contribution in [1.82, 2.24) is 39.0 Å². The van der Waals surface area contributed by atoms with Gasteiger partial charge in [0, 0.05) is 79.9 Å². The summed E-state index contributed by atoms with van der Waals surface area (Å²) >= 11 is 0. The summed E-state index contributed by atoms with van der Waals surface area (Å²) in [5, 5.41) is 1.31. The Morgan fingerprint density at radius 1 is 0.625 bits per heavy atom. The smallest absolute Gasteiger partial charge is 0.377 e. The number of anilines is 2. The van der Waals surface area contributed by atoms with E-state index in [1.807, 2.05) is 49.4 Å². The monoisotopic (exact) mass is 884 g/mol. The second kappa shape index (κ2) is 16.1. The number of fused-ring (bicyclic) bond motifs is 2. The largest absolute Gasteiger partial charge is 0.474 e. The molecule has 18 heteroatoms. The van der Waals surface area contributed by atoms with Crippen LogP contribution in [-0.4, -0.2) is 101 Å². The lowest BCUT2D eigenvalue weighted by molar-refractivity contribution is -0.380. The molecule has 0 bridgehead atoms. The summed E-state index contributed by atoms with van der Waals surface area (Å²) in [4.78, 5) is 31.3. The van der Waals surface area contributed by atoms with Crippen LogP contribution in [-0.2, 0) is 9.47 Å². The van der Waals surface area contributed by atoms with E-state index in [-0.39, 0.29) is 29.8 Å². The fraction of sp³-hybridized carbons (Fsp3) is 0.522. The Hall–Kier alpha value is -5.62. The topological polar surface area (TPSA) is 131 Å². The molecule has 0 radical (unpaired) electrons. The van der Waals surface area contributed by atoms with Crippen molar-refractivity contribution in [2.75, 3.05) is 36.0 Å². The number of alkyl halides is 4. The van der Waals surface area contributed by atoms with Crippen LogP contribution in [0, 0.1) is 0 Å². The van der Waals surface area contributed by atoms with Gasteiger partial charge in [0.1, 0.15) is 36.9 Å². The van der Waals surface area contributed by atoms with Gasteiger partial charge in [-0.2, -0.15) is 27.5 Å². The van der Waals surface area contributed by atoms with Crippen molar-refractivity contribution in [3.05, 3.63) is 85.7 Å². The van der Waals surface area contributed by atoms with E-state index in [9.17, 15) is 17.6 Å². The van der Waals surface area contributed by atoms with E-state index in [1.54, 1.807) is 24.5 Å². The number of hydrogen-bond acceptors (Lipinski definition) is 12. The number of hydrogen-bond donors (Lipinski definition) is 0. The zero-order valence-electron chi connectivity index (χ0n) is 36.3. The molecule has 2 saturated carbocycles. The van der Waals surface area contributed by atoms with Gasteiger partial charge in [0.2, 0.25) is 11.8 Å². The van der Waals surface area contributed by atoms with Crippen molar-refractivity contribution in [3.8, 4) is 11.8 Å². The zero-order chi connectivity index (χ0) is 44.4. The van der Waals surface area contributed by atoms with E-state index >= 15 is 0 Å². The fourth-order valence-electron chi connectivity index (χ4n) is 10.3. The molecule has 8 heterocycles. The first-order valence-electron chi connectivity index (χ1n) is 22.1. The number of rotatable bonds is 9. The molecular formula is C46H52F4N10O4. The highest BCUT2D eigenvalue weighted by molar-refractivity contribution is 5.87. The molecule has 0 N–H and O–H groups in total. The van der Waals surface area contributed by atoms with Gasteiger partial charge in [0.15, 0.2) is 0 Å². The normalized spacial score (nSPS) is 26.5. The highest BCUT2D eigenvalue weighted by Gasteiger charge is 2.52. The van der Waals surface area contributed by atoms with Gasteiger partial charge in [-0.05, 0) is 96.9 Å². The highest BCUT2D eigenvalue weighted by atomic mass is 19.3. The van der Waals surface area contributed by atoms with Crippen LogP contribution in [0.3, 0.4) is 0 Å². The third kappa shape index (κ3) is 8.90. The van der Waals surface area contributed by atoms with Crippen LogP contribution in [0.5, 0.6) is 11.8 Å². The Bertz CT molecular complexity index is 2570. The third-order valence-electron chi connectivity index (χ3n) is 12.8. The molecule has 6 aromatic rings. The molecule has 10 rings (SSSR count). The molecule has 1 unspecified atom stereocenters. The Balaban J connectivity index is 1.02. The number of aromatic nitrogens is 8. The molecule has 4 aliphatic rings. The summed E-state index contributed by atoms with van der Waals surface area (Å²) in [5.74, 6) is 0.981. The van der Waals surface area contributed by atoms with Crippen LogP contribution in [0.25, 0.3) is 21.8 Å². The lowest BCUT2D eigenvalue weighted by Gasteiger charge is -2.47. The average molecular weight is 885 g/mol. The predicted octanol–water partition coefficient (Wildman–Crippen LogP) is 8.90. The summed E-state index contributed by atoms with van der Waals surface area (Å²) < 4.78 is 86.1. The lowest BCUT2D eigenvalue weighted by atomic mass is 9.80. The van der Waals surface area contributed by atoms with Crippen LogP contribution in [0.4, 0.5) is 29.2 Å². The van der Waals surface area contributed by atoms with Crippen LogP contribution in [0.2, 0.25) is 0 Å². The molecular weight excluding hydrogens is 833 g/mol. The second-order valence-corrected chi connectivity index (χ2v) is 19.0. The number of pyridine rings is 4. The van der Waals surface area contributed by atoms with E-state index in [0.717, 1.165) is 59.4 Å². The van der Waals surface area contributed by atoms with Gasteiger partial charge in [0.05, 0.1) is 45.7 Å². The Morgan fingerprint density at radius 3 is 1.88 bits per heavy atom. The molecule has 2 saturated heterocycles. The molecule has 3 atom stereocenters. The minimum Gasteiger partial charge on any atom is -0.474 e. The molecule has 0 amide bonds. The summed E-state index contributed by atoms with van der Waals surface area (Å²) in [6, 6.07) is 11.4. The predicted molar refractivity (Wildman–Crippen MR) is 230 cm³/mol. The van der Waals surface area contributed by atoms with Crippen molar-refractivity contribution < 1.29 is 36.5 Å². The van der Waals surface area contributed by atoms with Crippen molar-refractivity contribution in [1.29, 1.82) is 0 Å². The van der Waals surface area contributed by atoms with E-state index in [1.165, 1.54) is 6.07 Å². The lowest BCUT2D eigenvalue weighted by Crippen LogP contribution is -2.57. The Kier molecular flexibility index (Phi) is 10.7. The first-order valence-corrected chi connectivity index (χ1v) is 22.1. The summed E-state index contributed by atoms with van der Waals surface area (Å²) in [6.07, 6.45) is 9.65. The van der Waals surface area contributed by atoms with Gasteiger partial charge >= 0.3 is 12.2 Å². The van der Waals surface area contributed by atoms with Gasteiger partial charge in [-0.1, -0.05) is 0 Å². The molecule has 0 spiro atoms. The van der Waals surface area contributed by atoms with Gasteiger partial charge in [0.25, 0.3) is 0 Å².